The monoisotopic (exact) mass is 417 g/mol. The van der Waals surface area contributed by atoms with Crippen molar-refractivity contribution in [3.8, 4) is 11.5 Å². The molecule has 0 atom stereocenters. The number of carbonyl (C=O) groups excluding carboxylic acids is 2. The van der Waals surface area contributed by atoms with Crippen LogP contribution in [0.1, 0.15) is 39.2 Å². The molecule has 1 aliphatic heterocycles. The summed E-state index contributed by atoms with van der Waals surface area (Å²) in [5.74, 6) is 0.491. The Morgan fingerprint density at radius 1 is 1.10 bits per heavy atom. The van der Waals surface area contributed by atoms with E-state index in [0.717, 1.165) is 12.0 Å². The van der Waals surface area contributed by atoms with Gasteiger partial charge in [-0.15, -0.1) is 0 Å². The van der Waals surface area contributed by atoms with E-state index in [4.69, 9.17) is 18.9 Å². The molecular weight excluding hydrogens is 386 g/mol. The first-order chi connectivity index (χ1) is 14.5. The first kappa shape index (κ1) is 23.5. The summed E-state index contributed by atoms with van der Waals surface area (Å²) in [6.45, 7) is 7.75. The van der Waals surface area contributed by atoms with Gasteiger partial charge in [-0.3, -0.25) is 4.79 Å². The summed E-state index contributed by atoms with van der Waals surface area (Å²) >= 11 is 0. The standard InChI is InChI=1S/C23H31NO6/c1-6-12-30-19-10-9-17(15-20(19)29-7-2)14-18-21(23(26)28-5)16(3)24(22(18)25)11-8-13-27-4/h9-10,14-15H,6-8,11-13H2,1-5H3/b18-14+. The van der Waals surface area contributed by atoms with E-state index < -0.39 is 5.97 Å². The van der Waals surface area contributed by atoms with E-state index in [1.807, 2.05) is 32.0 Å². The highest BCUT2D eigenvalue weighted by molar-refractivity contribution is 6.16. The lowest BCUT2D eigenvalue weighted by Crippen LogP contribution is -2.26. The van der Waals surface area contributed by atoms with Crippen molar-refractivity contribution < 1.29 is 28.5 Å². The van der Waals surface area contributed by atoms with Crippen LogP contribution in [0.4, 0.5) is 0 Å². The van der Waals surface area contributed by atoms with Gasteiger partial charge in [-0.25, -0.2) is 4.79 Å². The van der Waals surface area contributed by atoms with Gasteiger partial charge in [0.1, 0.15) is 0 Å². The first-order valence-electron chi connectivity index (χ1n) is 10.2. The van der Waals surface area contributed by atoms with Crippen molar-refractivity contribution in [1.29, 1.82) is 0 Å². The lowest BCUT2D eigenvalue weighted by molar-refractivity contribution is -0.136. The second kappa shape index (κ2) is 11.4. The molecule has 0 N–H and O–H groups in total. The maximum absolute atomic E-state index is 13.1. The maximum Gasteiger partial charge on any atom is 0.340 e. The number of ether oxygens (including phenoxy) is 4. The van der Waals surface area contributed by atoms with Gasteiger partial charge in [-0.2, -0.15) is 0 Å². The van der Waals surface area contributed by atoms with Crippen LogP contribution < -0.4 is 9.47 Å². The summed E-state index contributed by atoms with van der Waals surface area (Å²) < 4.78 is 21.5. The highest BCUT2D eigenvalue weighted by Crippen LogP contribution is 2.34. The summed E-state index contributed by atoms with van der Waals surface area (Å²) in [4.78, 5) is 27.1. The van der Waals surface area contributed by atoms with E-state index in [0.29, 0.717) is 55.6 Å². The van der Waals surface area contributed by atoms with Crippen LogP contribution in [0.3, 0.4) is 0 Å². The Labute approximate surface area is 178 Å². The van der Waals surface area contributed by atoms with Crippen LogP contribution in [-0.2, 0) is 19.1 Å². The van der Waals surface area contributed by atoms with Crippen molar-refractivity contribution >= 4 is 18.0 Å². The SMILES string of the molecule is CCCOc1ccc(/C=C2/C(=O)N(CCCOC)C(C)=C2C(=O)OC)cc1OCC. The molecule has 1 aromatic rings. The van der Waals surface area contributed by atoms with Crippen LogP contribution in [0.5, 0.6) is 11.5 Å². The van der Waals surface area contributed by atoms with Crippen LogP contribution in [0.15, 0.2) is 35.0 Å². The lowest BCUT2D eigenvalue weighted by atomic mass is 10.0. The van der Waals surface area contributed by atoms with Crippen LogP contribution in [0.25, 0.3) is 6.08 Å². The number of hydrogen-bond donors (Lipinski definition) is 0. The van der Waals surface area contributed by atoms with Crippen LogP contribution in [0, 0.1) is 0 Å². The van der Waals surface area contributed by atoms with Gasteiger partial charge >= 0.3 is 5.97 Å². The number of methoxy groups -OCH3 is 2. The number of nitrogens with zero attached hydrogens (tertiary/aromatic N) is 1. The molecule has 0 aromatic heterocycles. The fourth-order valence-electron chi connectivity index (χ4n) is 3.25. The van der Waals surface area contributed by atoms with Gasteiger partial charge in [0.25, 0.3) is 5.91 Å². The highest BCUT2D eigenvalue weighted by atomic mass is 16.5. The van der Waals surface area contributed by atoms with Gasteiger partial charge in [-0.05, 0) is 50.5 Å². The minimum Gasteiger partial charge on any atom is -0.490 e. The maximum atomic E-state index is 13.1. The van der Waals surface area contributed by atoms with E-state index in [2.05, 4.69) is 0 Å². The molecule has 30 heavy (non-hydrogen) atoms. The molecule has 0 aliphatic carbocycles. The van der Waals surface area contributed by atoms with Crippen LogP contribution in [-0.4, -0.2) is 57.4 Å². The number of allylic oxidation sites excluding steroid dienone is 1. The molecule has 0 saturated carbocycles. The molecule has 0 radical (unpaired) electrons. The fraction of sp³-hybridized carbons (Fsp3) is 0.478. The summed E-state index contributed by atoms with van der Waals surface area (Å²) in [7, 11) is 2.93. The normalized spacial score (nSPS) is 15.2. The van der Waals surface area contributed by atoms with Crippen molar-refractivity contribution in [2.24, 2.45) is 0 Å². The van der Waals surface area contributed by atoms with Gasteiger partial charge in [0.05, 0.1) is 31.5 Å². The van der Waals surface area contributed by atoms with Gasteiger partial charge < -0.3 is 23.8 Å². The zero-order valence-electron chi connectivity index (χ0n) is 18.4. The number of carbonyl (C=O) groups is 2. The summed E-state index contributed by atoms with van der Waals surface area (Å²) in [5, 5.41) is 0. The molecule has 1 aromatic carbocycles. The molecule has 7 nitrogen and oxygen atoms in total. The number of rotatable bonds is 11. The second-order valence-corrected chi connectivity index (χ2v) is 6.80. The summed E-state index contributed by atoms with van der Waals surface area (Å²) in [6.07, 6.45) is 3.25. The zero-order chi connectivity index (χ0) is 22.1. The minimum absolute atomic E-state index is 0.228. The van der Waals surface area contributed by atoms with Crippen LogP contribution in [0.2, 0.25) is 0 Å². The van der Waals surface area contributed by atoms with E-state index in [1.165, 1.54) is 7.11 Å². The Morgan fingerprint density at radius 2 is 1.87 bits per heavy atom. The molecule has 1 amide bonds. The lowest BCUT2D eigenvalue weighted by Gasteiger charge is -2.17. The zero-order valence-corrected chi connectivity index (χ0v) is 18.4. The molecule has 0 bridgehead atoms. The average molecular weight is 418 g/mol. The average Bonchev–Trinajstić information content (AvgIpc) is 2.97. The van der Waals surface area contributed by atoms with Gasteiger partial charge in [-0.1, -0.05) is 13.0 Å². The van der Waals surface area contributed by atoms with Crippen molar-refractivity contribution in [2.45, 2.75) is 33.6 Å². The third kappa shape index (κ3) is 5.42. The van der Waals surface area contributed by atoms with E-state index in [1.54, 1.807) is 25.0 Å². The van der Waals surface area contributed by atoms with Gasteiger partial charge in [0.2, 0.25) is 0 Å². The predicted molar refractivity (Wildman–Crippen MR) is 114 cm³/mol. The van der Waals surface area contributed by atoms with Crippen molar-refractivity contribution in [2.75, 3.05) is 40.6 Å². The number of amides is 1. The predicted octanol–water partition coefficient (Wildman–Crippen LogP) is 3.58. The third-order valence-corrected chi connectivity index (χ3v) is 4.67. The molecule has 0 unspecified atom stereocenters. The first-order valence-corrected chi connectivity index (χ1v) is 10.2. The van der Waals surface area contributed by atoms with E-state index in [9.17, 15) is 9.59 Å². The Kier molecular flexibility index (Phi) is 8.92. The smallest absolute Gasteiger partial charge is 0.340 e. The van der Waals surface area contributed by atoms with Crippen molar-refractivity contribution in [1.82, 2.24) is 4.90 Å². The molecule has 2 rings (SSSR count). The summed E-state index contributed by atoms with van der Waals surface area (Å²) in [5.41, 5.74) is 1.91. The largest absolute Gasteiger partial charge is 0.490 e. The molecule has 0 spiro atoms. The Morgan fingerprint density at radius 3 is 2.50 bits per heavy atom. The highest BCUT2D eigenvalue weighted by Gasteiger charge is 2.36. The number of esters is 1. The Hall–Kier alpha value is -2.80. The minimum atomic E-state index is -0.533. The Balaban J connectivity index is 2.42. The molecular formula is C23H31NO6. The molecule has 1 aliphatic rings. The topological polar surface area (TPSA) is 74.3 Å². The molecule has 0 fully saturated rings. The van der Waals surface area contributed by atoms with Gasteiger partial charge in [0.15, 0.2) is 11.5 Å². The molecule has 7 heteroatoms. The van der Waals surface area contributed by atoms with Crippen molar-refractivity contribution in [3.05, 3.63) is 40.6 Å². The van der Waals surface area contributed by atoms with E-state index in [-0.39, 0.29) is 11.5 Å². The second-order valence-electron chi connectivity index (χ2n) is 6.80. The number of hydrogen-bond acceptors (Lipinski definition) is 6. The van der Waals surface area contributed by atoms with Crippen LogP contribution >= 0.6 is 0 Å². The van der Waals surface area contributed by atoms with Gasteiger partial charge in [0, 0.05) is 26.0 Å². The molecule has 1 heterocycles. The summed E-state index contributed by atoms with van der Waals surface area (Å²) in [6, 6.07) is 5.47. The molecule has 164 valence electrons. The fourth-order valence-corrected chi connectivity index (χ4v) is 3.25. The Bertz CT molecular complexity index is 827. The van der Waals surface area contributed by atoms with E-state index >= 15 is 0 Å². The van der Waals surface area contributed by atoms with Crippen molar-refractivity contribution in [3.63, 3.8) is 0 Å². The molecule has 0 saturated heterocycles. The quantitative estimate of drug-likeness (QED) is 0.311. The third-order valence-electron chi connectivity index (χ3n) is 4.67. The number of benzene rings is 1.